The maximum absolute atomic E-state index is 11.0. The van der Waals surface area contributed by atoms with Gasteiger partial charge < -0.3 is 4.74 Å². The van der Waals surface area contributed by atoms with E-state index in [-0.39, 0.29) is 16.0 Å². The third kappa shape index (κ3) is 3.37. The van der Waals surface area contributed by atoms with Crippen molar-refractivity contribution in [3.63, 3.8) is 0 Å². The van der Waals surface area contributed by atoms with E-state index in [1.165, 1.54) is 18.2 Å². The van der Waals surface area contributed by atoms with Crippen molar-refractivity contribution in [2.75, 3.05) is 0 Å². The van der Waals surface area contributed by atoms with Gasteiger partial charge in [0.15, 0.2) is 0 Å². The lowest BCUT2D eigenvalue weighted by atomic mass is 10.3. The first-order chi connectivity index (χ1) is 6.80. The van der Waals surface area contributed by atoms with E-state index < -0.39 is 10.0 Å². The van der Waals surface area contributed by atoms with Crippen LogP contribution in [0.1, 0.15) is 13.8 Å². The van der Waals surface area contributed by atoms with Crippen LogP contribution in [0, 0.1) is 0 Å². The van der Waals surface area contributed by atoms with E-state index in [2.05, 4.69) is 0 Å². The van der Waals surface area contributed by atoms with Crippen molar-refractivity contribution in [1.82, 2.24) is 0 Å². The molecule has 1 aromatic rings. The van der Waals surface area contributed by atoms with Crippen molar-refractivity contribution in [1.29, 1.82) is 0 Å². The zero-order valence-electron chi connectivity index (χ0n) is 8.40. The van der Waals surface area contributed by atoms with Gasteiger partial charge in [-0.15, -0.1) is 0 Å². The van der Waals surface area contributed by atoms with Gasteiger partial charge in [0.2, 0.25) is 10.0 Å². The van der Waals surface area contributed by atoms with Crippen molar-refractivity contribution in [3.05, 3.63) is 23.2 Å². The Bertz CT molecular complexity index is 456. The standard InChI is InChI=1S/C9H12ClNO3S/c1-6(2)14-9-4-3-7(5-8(9)10)15(11,12)13/h3-6H,1-2H3,(H2,11,12,13). The van der Waals surface area contributed by atoms with Gasteiger partial charge in [-0.1, -0.05) is 11.6 Å². The minimum Gasteiger partial charge on any atom is -0.489 e. The molecule has 15 heavy (non-hydrogen) atoms. The Balaban J connectivity index is 3.09. The zero-order chi connectivity index (χ0) is 11.6. The molecule has 2 N–H and O–H groups in total. The summed E-state index contributed by atoms with van der Waals surface area (Å²) in [6.45, 7) is 3.70. The third-order valence-corrected chi connectivity index (χ3v) is 2.80. The highest BCUT2D eigenvalue weighted by atomic mass is 35.5. The van der Waals surface area contributed by atoms with Crippen LogP contribution in [0.2, 0.25) is 5.02 Å². The number of hydrogen-bond donors (Lipinski definition) is 1. The van der Waals surface area contributed by atoms with Crippen LogP contribution < -0.4 is 9.88 Å². The number of sulfonamides is 1. The average Bonchev–Trinajstić information content (AvgIpc) is 2.05. The summed E-state index contributed by atoms with van der Waals surface area (Å²) >= 11 is 5.83. The average molecular weight is 250 g/mol. The van der Waals surface area contributed by atoms with E-state index in [0.29, 0.717) is 5.75 Å². The highest BCUT2D eigenvalue weighted by molar-refractivity contribution is 7.89. The van der Waals surface area contributed by atoms with Gasteiger partial charge in [0, 0.05) is 0 Å². The second-order valence-electron chi connectivity index (χ2n) is 3.30. The number of primary sulfonamides is 1. The summed E-state index contributed by atoms with van der Waals surface area (Å²) < 4.78 is 27.3. The van der Waals surface area contributed by atoms with E-state index in [9.17, 15) is 8.42 Å². The minimum atomic E-state index is -3.71. The zero-order valence-corrected chi connectivity index (χ0v) is 9.97. The molecule has 0 saturated carbocycles. The van der Waals surface area contributed by atoms with Crippen LogP contribution in [0.5, 0.6) is 5.75 Å². The molecular formula is C9H12ClNO3S. The Labute approximate surface area is 94.0 Å². The number of benzene rings is 1. The van der Waals surface area contributed by atoms with E-state index in [4.69, 9.17) is 21.5 Å². The molecule has 0 spiro atoms. The molecule has 0 aliphatic carbocycles. The molecule has 0 fully saturated rings. The van der Waals surface area contributed by atoms with E-state index in [1.54, 1.807) is 0 Å². The molecule has 0 unspecified atom stereocenters. The van der Waals surface area contributed by atoms with Crippen molar-refractivity contribution in [2.45, 2.75) is 24.8 Å². The fourth-order valence-electron chi connectivity index (χ4n) is 1.01. The largest absolute Gasteiger partial charge is 0.489 e. The normalized spacial score (nSPS) is 11.8. The molecule has 6 heteroatoms. The van der Waals surface area contributed by atoms with Gasteiger partial charge in [-0.3, -0.25) is 0 Å². The molecule has 1 rings (SSSR count). The lowest BCUT2D eigenvalue weighted by molar-refractivity contribution is 0.242. The van der Waals surface area contributed by atoms with Crippen molar-refractivity contribution >= 4 is 21.6 Å². The summed E-state index contributed by atoms with van der Waals surface area (Å²) in [5, 5.41) is 5.18. The summed E-state index contributed by atoms with van der Waals surface area (Å²) in [5.74, 6) is 0.444. The molecule has 0 amide bonds. The summed E-state index contributed by atoms with van der Waals surface area (Å²) in [5.41, 5.74) is 0. The molecule has 4 nitrogen and oxygen atoms in total. The van der Waals surface area contributed by atoms with E-state index >= 15 is 0 Å². The quantitative estimate of drug-likeness (QED) is 0.888. The predicted molar refractivity (Wildman–Crippen MR) is 58.6 cm³/mol. The first-order valence-corrected chi connectivity index (χ1v) is 6.22. The van der Waals surface area contributed by atoms with Crippen LogP contribution >= 0.6 is 11.6 Å². The van der Waals surface area contributed by atoms with Crippen LogP contribution in [0.3, 0.4) is 0 Å². The molecule has 84 valence electrons. The van der Waals surface area contributed by atoms with E-state index in [0.717, 1.165) is 0 Å². The molecule has 0 saturated heterocycles. The molecule has 0 heterocycles. The first kappa shape index (κ1) is 12.3. The highest BCUT2D eigenvalue weighted by Gasteiger charge is 2.11. The van der Waals surface area contributed by atoms with Crippen LogP contribution in [-0.2, 0) is 10.0 Å². The highest BCUT2D eigenvalue weighted by Crippen LogP contribution is 2.27. The number of nitrogens with two attached hydrogens (primary N) is 1. The molecule has 0 aromatic heterocycles. The lowest BCUT2D eigenvalue weighted by Crippen LogP contribution is -2.12. The fourth-order valence-corrected chi connectivity index (χ4v) is 1.84. The Morgan fingerprint density at radius 3 is 2.40 bits per heavy atom. The van der Waals surface area contributed by atoms with Gasteiger partial charge in [0.25, 0.3) is 0 Å². The van der Waals surface area contributed by atoms with Gasteiger partial charge in [-0.2, -0.15) is 0 Å². The lowest BCUT2D eigenvalue weighted by Gasteiger charge is -2.11. The second kappa shape index (κ2) is 4.38. The molecule has 0 aliphatic heterocycles. The van der Waals surface area contributed by atoms with Gasteiger partial charge in [-0.25, -0.2) is 13.6 Å². The monoisotopic (exact) mass is 249 g/mol. The van der Waals surface area contributed by atoms with Crippen LogP contribution in [-0.4, -0.2) is 14.5 Å². The third-order valence-electron chi connectivity index (χ3n) is 1.59. The van der Waals surface area contributed by atoms with Crippen LogP contribution in [0.25, 0.3) is 0 Å². The number of rotatable bonds is 3. The summed E-state index contributed by atoms with van der Waals surface area (Å²) in [6, 6.07) is 4.12. The molecular weight excluding hydrogens is 238 g/mol. The van der Waals surface area contributed by atoms with Crippen LogP contribution in [0.4, 0.5) is 0 Å². The van der Waals surface area contributed by atoms with Gasteiger partial charge in [0.05, 0.1) is 16.0 Å². The van der Waals surface area contributed by atoms with Crippen LogP contribution in [0.15, 0.2) is 23.1 Å². The Kier molecular flexibility index (Phi) is 3.59. The SMILES string of the molecule is CC(C)Oc1ccc(S(N)(=O)=O)cc1Cl. The Morgan fingerprint density at radius 1 is 1.40 bits per heavy atom. The number of halogens is 1. The van der Waals surface area contributed by atoms with E-state index in [1.807, 2.05) is 13.8 Å². The Morgan fingerprint density at radius 2 is 2.00 bits per heavy atom. The first-order valence-electron chi connectivity index (χ1n) is 4.29. The second-order valence-corrected chi connectivity index (χ2v) is 5.27. The van der Waals surface area contributed by atoms with Crippen molar-refractivity contribution in [3.8, 4) is 5.75 Å². The summed E-state index contributed by atoms with van der Waals surface area (Å²) in [4.78, 5) is -0.0244. The maximum atomic E-state index is 11.0. The topological polar surface area (TPSA) is 69.4 Å². The summed E-state index contributed by atoms with van der Waals surface area (Å²) in [7, 11) is -3.71. The number of hydrogen-bond acceptors (Lipinski definition) is 3. The molecule has 1 aromatic carbocycles. The minimum absolute atomic E-state index is 0.0244. The smallest absolute Gasteiger partial charge is 0.238 e. The molecule has 0 bridgehead atoms. The van der Waals surface area contributed by atoms with Gasteiger partial charge in [0.1, 0.15) is 5.75 Å². The fraction of sp³-hybridized carbons (Fsp3) is 0.333. The Hall–Kier alpha value is -0.780. The van der Waals surface area contributed by atoms with Gasteiger partial charge in [-0.05, 0) is 32.0 Å². The summed E-state index contributed by atoms with van der Waals surface area (Å²) in [6.07, 6.45) is -0.0252. The molecule has 0 aliphatic rings. The van der Waals surface area contributed by atoms with Crippen molar-refractivity contribution in [2.24, 2.45) is 5.14 Å². The number of ether oxygens (including phenoxy) is 1. The maximum Gasteiger partial charge on any atom is 0.238 e. The molecule has 0 radical (unpaired) electrons. The van der Waals surface area contributed by atoms with Crippen molar-refractivity contribution < 1.29 is 13.2 Å². The predicted octanol–water partition coefficient (Wildman–Crippen LogP) is 1.77. The molecule has 0 atom stereocenters. The van der Waals surface area contributed by atoms with Gasteiger partial charge >= 0.3 is 0 Å².